The minimum atomic E-state index is -4.44. The molecule has 0 bridgehead atoms. The maximum atomic E-state index is 13.3. The highest BCUT2D eigenvalue weighted by Gasteiger charge is 2.31. The largest absolute Gasteiger partial charge is 0.417 e. The average Bonchev–Trinajstić information content (AvgIpc) is 2.43. The monoisotopic (exact) mass is 299 g/mol. The van der Waals surface area contributed by atoms with Crippen LogP contribution in [0.5, 0.6) is 0 Å². The van der Waals surface area contributed by atoms with Gasteiger partial charge < -0.3 is 0 Å². The highest BCUT2D eigenvalue weighted by atomic mass is 19.4. The van der Waals surface area contributed by atoms with Crippen molar-refractivity contribution in [3.05, 3.63) is 64.7 Å². The normalized spacial score (nSPS) is 13.2. The van der Waals surface area contributed by atoms with Gasteiger partial charge in [-0.1, -0.05) is 12.1 Å². The Labute approximate surface area is 118 Å². The van der Waals surface area contributed by atoms with Crippen molar-refractivity contribution in [2.75, 3.05) is 0 Å². The molecule has 1 unspecified atom stereocenters. The van der Waals surface area contributed by atoms with E-state index in [1.165, 1.54) is 18.2 Å². The molecular formula is C14H13F4N3. The molecule has 3 N–H and O–H groups in total. The first kappa shape index (κ1) is 15.4. The van der Waals surface area contributed by atoms with Crippen LogP contribution in [0.4, 0.5) is 17.6 Å². The summed E-state index contributed by atoms with van der Waals surface area (Å²) in [7, 11) is 0. The van der Waals surface area contributed by atoms with Gasteiger partial charge in [0.05, 0.1) is 17.3 Å². The van der Waals surface area contributed by atoms with Crippen molar-refractivity contribution in [1.82, 2.24) is 10.4 Å². The highest BCUT2D eigenvalue weighted by molar-refractivity contribution is 5.32. The quantitative estimate of drug-likeness (QED) is 0.520. The van der Waals surface area contributed by atoms with Crippen LogP contribution in [0.15, 0.2) is 36.5 Å². The number of rotatable bonds is 3. The number of nitrogens with one attached hydrogen (secondary N) is 1. The minimum absolute atomic E-state index is 0.316. The summed E-state index contributed by atoms with van der Waals surface area (Å²) < 4.78 is 50.8. The van der Waals surface area contributed by atoms with Gasteiger partial charge in [0.25, 0.3) is 0 Å². The van der Waals surface area contributed by atoms with Crippen LogP contribution in [0.2, 0.25) is 0 Å². The zero-order chi connectivity index (χ0) is 15.6. The Morgan fingerprint density at radius 1 is 1.19 bits per heavy atom. The third-order valence-corrected chi connectivity index (χ3v) is 3.09. The van der Waals surface area contributed by atoms with Crippen LogP contribution in [-0.4, -0.2) is 4.98 Å². The summed E-state index contributed by atoms with van der Waals surface area (Å²) in [5.41, 5.74) is 2.98. The summed E-state index contributed by atoms with van der Waals surface area (Å²) in [5, 5.41) is 0. The van der Waals surface area contributed by atoms with E-state index in [0.717, 1.165) is 12.3 Å². The Balaban J connectivity index is 2.35. The van der Waals surface area contributed by atoms with Crippen molar-refractivity contribution in [3.8, 4) is 0 Å². The molecule has 0 spiro atoms. The van der Waals surface area contributed by atoms with Crippen LogP contribution < -0.4 is 11.3 Å². The fourth-order valence-corrected chi connectivity index (χ4v) is 1.94. The third-order valence-electron chi connectivity index (χ3n) is 3.09. The number of benzene rings is 1. The molecule has 1 atom stereocenters. The summed E-state index contributed by atoms with van der Waals surface area (Å²) in [4.78, 5) is 3.79. The molecule has 0 aliphatic carbocycles. The predicted octanol–water partition coefficient (Wildman–Crippen LogP) is 3.10. The third kappa shape index (κ3) is 3.37. The van der Waals surface area contributed by atoms with Gasteiger partial charge in [0.2, 0.25) is 0 Å². The number of aryl methyl sites for hydroxylation is 1. The van der Waals surface area contributed by atoms with Gasteiger partial charge in [-0.15, -0.1) is 0 Å². The Bertz CT molecular complexity index is 623. The van der Waals surface area contributed by atoms with E-state index < -0.39 is 17.8 Å². The lowest BCUT2D eigenvalue weighted by Crippen LogP contribution is -2.29. The molecule has 0 saturated carbocycles. The fraction of sp³-hybridized carbons (Fsp3) is 0.214. The lowest BCUT2D eigenvalue weighted by atomic mass is 10.0. The van der Waals surface area contributed by atoms with Gasteiger partial charge in [0.15, 0.2) is 0 Å². The van der Waals surface area contributed by atoms with E-state index in [1.54, 1.807) is 13.0 Å². The van der Waals surface area contributed by atoms with Crippen LogP contribution >= 0.6 is 0 Å². The molecule has 0 aliphatic rings. The Kier molecular flexibility index (Phi) is 4.24. The molecular weight excluding hydrogens is 286 g/mol. The maximum absolute atomic E-state index is 13.3. The van der Waals surface area contributed by atoms with Crippen molar-refractivity contribution < 1.29 is 17.6 Å². The number of alkyl halides is 3. The molecule has 2 rings (SSSR count). The molecule has 0 amide bonds. The number of pyridine rings is 1. The molecule has 112 valence electrons. The fourth-order valence-electron chi connectivity index (χ4n) is 1.94. The number of nitrogens with two attached hydrogens (primary N) is 1. The van der Waals surface area contributed by atoms with Gasteiger partial charge in [-0.25, -0.2) is 9.82 Å². The summed E-state index contributed by atoms with van der Waals surface area (Å²) in [6.07, 6.45) is -3.69. The van der Waals surface area contributed by atoms with Gasteiger partial charge >= 0.3 is 6.18 Å². The van der Waals surface area contributed by atoms with E-state index in [4.69, 9.17) is 5.84 Å². The van der Waals surface area contributed by atoms with Crippen molar-refractivity contribution >= 4 is 0 Å². The molecule has 3 nitrogen and oxygen atoms in total. The second-order valence-corrected chi connectivity index (χ2v) is 4.58. The molecule has 0 fully saturated rings. The van der Waals surface area contributed by atoms with Gasteiger partial charge in [-0.3, -0.25) is 10.8 Å². The lowest BCUT2D eigenvalue weighted by molar-refractivity contribution is -0.137. The molecule has 2 aromatic rings. The zero-order valence-electron chi connectivity index (χ0n) is 11.1. The topological polar surface area (TPSA) is 50.9 Å². The van der Waals surface area contributed by atoms with Crippen molar-refractivity contribution in [3.63, 3.8) is 0 Å². The Hall–Kier alpha value is -1.99. The first-order chi connectivity index (χ1) is 9.82. The number of hydrazine groups is 1. The molecule has 0 aliphatic heterocycles. The van der Waals surface area contributed by atoms with Gasteiger partial charge in [-0.2, -0.15) is 13.2 Å². The van der Waals surface area contributed by atoms with Gasteiger partial charge in [-0.05, 0) is 36.2 Å². The number of nitrogens with zero attached hydrogens (tertiary/aromatic N) is 1. The van der Waals surface area contributed by atoms with Gasteiger partial charge in [0.1, 0.15) is 5.82 Å². The van der Waals surface area contributed by atoms with E-state index in [1.807, 2.05) is 0 Å². The molecule has 1 aromatic carbocycles. The van der Waals surface area contributed by atoms with Crippen LogP contribution in [0.3, 0.4) is 0 Å². The number of halogens is 4. The molecule has 21 heavy (non-hydrogen) atoms. The van der Waals surface area contributed by atoms with E-state index in [0.29, 0.717) is 16.8 Å². The van der Waals surface area contributed by atoms with Crippen LogP contribution in [0, 0.1) is 12.7 Å². The number of aromatic nitrogens is 1. The van der Waals surface area contributed by atoms with E-state index in [9.17, 15) is 17.6 Å². The zero-order valence-corrected chi connectivity index (χ0v) is 11.1. The molecule has 0 radical (unpaired) electrons. The van der Waals surface area contributed by atoms with Crippen molar-refractivity contribution in [2.45, 2.75) is 19.1 Å². The summed E-state index contributed by atoms with van der Waals surface area (Å²) in [6, 6.07) is 5.91. The summed E-state index contributed by atoms with van der Waals surface area (Å²) in [5.74, 6) is 5.08. The first-order valence-electron chi connectivity index (χ1n) is 6.08. The number of hydrogen-bond acceptors (Lipinski definition) is 3. The standard InChI is InChI=1S/C14H13F4N3/c1-8-6-9(2-4-11(8)15)13(21-19)12-5-3-10(7-20-12)14(16,17)18/h2-7,13,21H,19H2,1H3. The smallest absolute Gasteiger partial charge is 0.271 e. The summed E-state index contributed by atoms with van der Waals surface area (Å²) >= 11 is 0. The maximum Gasteiger partial charge on any atom is 0.417 e. The van der Waals surface area contributed by atoms with Crippen molar-refractivity contribution in [1.29, 1.82) is 0 Å². The molecule has 1 aromatic heterocycles. The highest BCUT2D eigenvalue weighted by Crippen LogP contribution is 2.29. The van der Waals surface area contributed by atoms with Crippen molar-refractivity contribution in [2.24, 2.45) is 5.84 Å². The van der Waals surface area contributed by atoms with Gasteiger partial charge in [0, 0.05) is 6.20 Å². The first-order valence-corrected chi connectivity index (χ1v) is 6.08. The van der Waals surface area contributed by atoms with E-state index in [2.05, 4.69) is 10.4 Å². The average molecular weight is 299 g/mol. The second-order valence-electron chi connectivity index (χ2n) is 4.58. The molecule has 1 heterocycles. The predicted molar refractivity (Wildman–Crippen MR) is 69.5 cm³/mol. The lowest BCUT2D eigenvalue weighted by Gasteiger charge is -2.17. The Morgan fingerprint density at radius 3 is 2.38 bits per heavy atom. The van der Waals surface area contributed by atoms with E-state index >= 15 is 0 Å². The molecule has 7 heteroatoms. The van der Waals surface area contributed by atoms with Crippen LogP contribution in [0.1, 0.15) is 28.4 Å². The SMILES string of the molecule is Cc1cc(C(NN)c2ccc(C(F)(F)F)cn2)ccc1F. The van der Waals surface area contributed by atoms with Crippen LogP contribution in [-0.2, 0) is 6.18 Å². The number of hydrogen-bond donors (Lipinski definition) is 2. The molecule has 0 saturated heterocycles. The van der Waals surface area contributed by atoms with E-state index in [-0.39, 0.29) is 5.82 Å². The second kappa shape index (κ2) is 5.79. The van der Waals surface area contributed by atoms with Crippen LogP contribution in [0.25, 0.3) is 0 Å². The Morgan fingerprint density at radius 2 is 1.90 bits per heavy atom. The minimum Gasteiger partial charge on any atom is -0.271 e. The summed E-state index contributed by atoms with van der Waals surface area (Å²) in [6.45, 7) is 1.59.